The van der Waals surface area contributed by atoms with E-state index in [4.69, 9.17) is 21.7 Å². The van der Waals surface area contributed by atoms with E-state index in [1.54, 1.807) is 30.3 Å². The van der Waals surface area contributed by atoms with Crippen molar-refractivity contribution in [2.45, 2.75) is 33.3 Å². The summed E-state index contributed by atoms with van der Waals surface area (Å²) in [7, 11) is 0. The first-order valence-electron chi connectivity index (χ1n) is 9.34. The van der Waals surface area contributed by atoms with Crippen molar-refractivity contribution in [2.75, 3.05) is 6.61 Å². The molecule has 0 aliphatic heterocycles. The third-order valence-corrected chi connectivity index (χ3v) is 4.84. The van der Waals surface area contributed by atoms with E-state index in [0.29, 0.717) is 17.1 Å². The third-order valence-electron chi connectivity index (χ3n) is 4.02. The minimum atomic E-state index is -0.453. The summed E-state index contributed by atoms with van der Waals surface area (Å²) in [6.07, 6.45) is 0.988. The lowest BCUT2D eigenvalue weighted by molar-refractivity contribution is -0.123. The van der Waals surface area contributed by atoms with E-state index in [1.165, 1.54) is 0 Å². The Morgan fingerprint density at radius 1 is 1.13 bits per heavy atom. The quantitative estimate of drug-likeness (QED) is 0.403. The molecule has 3 N–H and O–H groups in total. The summed E-state index contributed by atoms with van der Waals surface area (Å²) >= 11 is 8.41. The molecule has 1 atom stereocenters. The zero-order valence-electron chi connectivity index (χ0n) is 17.0. The molecule has 0 bridgehead atoms. The van der Waals surface area contributed by atoms with Crippen LogP contribution in [0.2, 0.25) is 0 Å². The Bertz CT molecular complexity index is 906. The number of aryl methyl sites for hydroxylation is 1. The predicted molar refractivity (Wildman–Crippen MR) is 123 cm³/mol. The number of ether oxygens (including phenoxy) is 2. The summed E-state index contributed by atoms with van der Waals surface area (Å²) in [5.41, 5.74) is 6.32. The zero-order valence-corrected chi connectivity index (χ0v) is 19.4. The molecule has 0 aliphatic rings. The fraction of sp³-hybridized carbons (Fsp3) is 0.286. The van der Waals surface area contributed by atoms with E-state index in [-0.39, 0.29) is 17.8 Å². The molecule has 2 amide bonds. The van der Waals surface area contributed by atoms with Crippen molar-refractivity contribution in [3.8, 4) is 11.5 Å². The molecule has 0 saturated heterocycles. The third kappa shape index (κ3) is 7.64. The van der Waals surface area contributed by atoms with Crippen molar-refractivity contribution < 1.29 is 19.1 Å². The normalized spacial score (nSPS) is 11.2. The molecule has 0 aliphatic carbocycles. The number of amides is 2. The Hall–Kier alpha value is -2.65. The van der Waals surface area contributed by atoms with Crippen LogP contribution in [0.1, 0.15) is 36.2 Å². The summed E-state index contributed by atoms with van der Waals surface area (Å²) < 4.78 is 11.9. The van der Waals surface area contributed by atoms with Crippen LogP contribution in [-0.4, -0.2) is 29.6 Å². The van der Waals surface area contributed by atoms with E-state index >= 15 is 0 Å². The first-order chi connectivity index (χ1) is 14.3. The van der Waals surface area contributed by atoms with E-state index in [2.05, 4.69) is 32.1 Å². The van der Waals surface area contributed by atoms with Crippen LogP contribution in [-0.2, 0) is 4.79 Å². The molecule has 1 unspecified atom stereocenters. The molecule has 0 saturated carbocycles. The molecule has 2 aromatic rings. The zero-order chi connectivity index (χ0) is 22.1. The Balaban J connectivity index is 1.75. The molecule has 0 fully saturated rings. The number of hydrazine groups is 1. The summed E-state index contributed by atoms with van der Waals surface area (Å²) in [4.78, 5) is 24.1. The number of hydrogen-bond donors (Lipinski definition) is 3. The van der Waals surface area contributed by atoms with Crippen LogP contribution in [0.5, 0.6) is 11.5 Å². The van der Waals surface area contributed by atoms with Gasteiger partial charge in [-0.15, -0.1) is 0 Å². The van der Waals surface area contributed by atoms with Crippen LogP contribution in [0.25, 0.3) is 0 Å². The van der Waals surface area contributed by atoms with E-state index in [0.717, 1.165) is 16.5 Å². The van der Waals surface area contributed by atoms with Gasteiger partial charge in [-0.1, -0.05) is 13.0 Å². The fourth-order valence-corrected chi connectivity index (χ4v) is 2.99. The fourth-order valence-electron chi connectivity index (χ4n) is 2.24. The van der Waals surface area contributed by atoms with Gasteiger partial charge in [0.15, 0.2) is 11.7 Å². The standard InChI is InChI=1S/C21H24BrN3O4S/c1-4-14(3)29-16-8-6-15(7-9-16)20(27)23-21(30)25-24-19(26)12-28-18-10-5-13(2)11-17(18)22/h5-11,14H,4,12H2,1-3H3,(H,24,26)(H2,23,25,27,30). The van der Waals surface area contributed by atoms with Gasteiger partial charge in [0, 0.05) is 5.56 Å². The average Bonchev–Trinajstić information content (AvgIpc) is 2.72. The second-order valence-corrected chi connectivity index (χ2v) is 7.80. The number of halogens is 1. The second kappa shape index (κ2) is 11.5. The minimum absolute atomic E-state index is 0.0372. The summed E-state index contributed by atoms with van der Waals surface area (Å²) in [5.74, 6) is 0.378. The number of hydrogen-bond acceptors (Lipinski definition) is 5. The summed E-state index contributed by atoms with van der Waals surface area (Å²) in [6, 6.07) is 12.3. The van der Waals surface area contributed by atoms with Crippen molar-refractivity contribution >= 4 is 45.1 Å². The van der Waals surface area contributed by atoms with Gasteiger partial charge >= 0.3 is 0 Å². The Morgan fingerprint density at radius 3 is 2.47 bits per heavy atom. The molecule has 2 aromatic carbocycles. The van der Waals surface area contributed by atoms with Gasteiger partial charge in [-0.2, -0.15) is 0 Å². The second-order valence-electron chi connectivity index (χ2n) is 6.54. The topological polar surface area (TPSA) is 88.7 Å². The maximum atomic E-state index is 12.2. The number of thiocarbonyl (C=S) groups is 1. The molecule has 30 heavy (non-hydrogen) atoms. The highest BCUT2D eigenvalue weighted by Gasteiger charge is 2.10. The molecule has 0 radical (unpaired) electrons. The molecule has 9 heteroatoms. The van der Waals surface area contributed by atoms with Crippen molar-refractivity contribution in [2.24, 2.45) is 0 Å². The summed E-state index contributed by atoms with van der Waals surface area (Å²) in [6.45, 7) is 5.74. The molecule has 160 valence electrons. The van der Waals surface area contributed by atoms with Gasteiger partial charge in [-0.3, -0.25) is 25.8 Å². The van der Waals surface area contributed by atoms with Gasteiger partial charge in [0.05, 0.1) is 10.6 Å². The van der Waals surface area contributed by atoms with Crippen LogP contribution in [0.3, 0.4) is 0 Å². The van der Waals surface area contributed by atoms with Gasteiger partial charge in [0.1, 0.15) is 11.5 Å². The van der Waals surface area contributed by atoms with Crippen molar-refractivity contribution in [3.05, 3.63) is 58.1 Å². The lowest BCUT2D eigenvalue weighted by atomic mass is 10.2. The smallest absolute Gasteiger partial charge is 0.276 e. The highest BCUT2D eigenvalue weighted by Crippen LogP contribution is 2.25. The van der Waals surface area contributed by atoms with Crippen molar-refractivity contribution in [3.63, 3.8) is 0 Å². The van der Waals surface area contributed by atoms with Crippen LogP contribution in [0, 0.1) is 6.92 Å². The highest BCUT2D eigenvalue weighted by molar-refractivity contribution is 9.10. The maximum Gasteiger partial charge on any atom is 0.276 e. The van der Waals surface area contributed by atoms with Crippen molar-refractivity contribution in [1.82, 2.24) is 16.2 Å². The van der Waals surface area contributed by atoms with Gasteiger partial charge in [0.25, 0.3) is 11.8 Å². The van der Waals surface area contributed by atoms with Gasteiger partial charge in [0.2, 0.25) is 0 Å². The molecule has 0 aromatic heterocycles. The highest BCUT2D eigenvalue weighted by atomic mass is 79.9. The molecule has 7 nitrogen and oxygen atoms in total. The van der Waals surface area contributed by atoms with E-state index < -0.39 is 11.8 Å². The molecular weight excluding hydrogens is 470 g/mol. The Labute approximate surface area is 189 Å². The lowest BCUT2D eigenvalue weighted by Gasteiger charge is -2.13. The van der Waals surface area contributed by atoms with Crippen LogP contribution < -0.4 is 25.6 Å². The van der Waals surface area contributed by atoms with Crippen LogP contribution in [0.15, 0.2) is 46.9 Å². The maximum absolute atomic E-state index is 12.2. The van der Waals surface area contributed by atoms with Crippen LogP contribution >= 0.6 is 28.1 Å². The molecule has 2 rings (SSSR count). The SMILES string of the molecule is CCC(C)Oc1ccc(C(=O)NC(=S)NNC(=O)COc2ccc(C)cc2Br)cc1. The largest absolute Gasteiger partial charge is 0.491 e. The van der Waals surface area contributed by atoms with E-state index in [9.17, 15) is 9.59 Å². The number of rotatable bonds is 7. The number of carbonyl (C=O) groups excluding carboxylic acids is 2. The average molecular weight is 494 g/mol. The lowest BCUT2D eigenvalue weighted by Crippen LogP contribution is -2.49. The number of carbonyl (C=O) groups is 2. The first kappa shape index (κ1) is 23.6. The van der Waals surface area contributed by atoms with Gasteiger partial charge in [-0.25, -0.2) is 0 Å². The minimum Gasteiger partial charge on any atom is -0.491 e. The van der Waals surface area contributed by atoms with Gasteiger partial charge in [-0.05, 0) is 90.4 Å². The Kier molecular flexibility index (Phi) is 9.07. The van der Waals surface area contributed by atoms with E-state index in [1.807, 2.05) is 32.9 Å². The monoisotopic (exact) mass is 493 g/mol. The first-order valence-corrected chi connectivity index (χ1v) is 10.5. The molecule has 0 heterocycles. The molecule has 0 spiro atoms. The molecular formula is C21H24BrN3O4S. The number of nitrogens with one attached hydrogen (secondary N) is 3. The Morgan fingerprint density at radius 2 is 1.83 bits per heavy atom. The predicted octanol–water partition coefficient (Wildman–Crippen LogP) is 3.65. The van der Waals surface area contributed by atoms with Gasteiger partial charge < -0.3 is 9.47 Å². The van der Waals surface area contributed by atoms with Crippen molar-refractivity contribution in [1.29, 1.82) is 0 Å². The van der Waals surface area contributed by atoms with Crippen LogP contribution in [0.4, 0.5) is 0 Å². The number of benzene rings is 2. The summed E-state index contributed by atoms with van der Waals surface area (Å²) in [5, 5.41) is 2.45.